The number of imide groups is 1. The van der Waals surface area contributed by atoms with Crippen molar-refractivity contribution in [1.29, 1.82) is 0 Å². The summed E-state index contributed by atoms with van der Waals surface area (Å²) in [5.41, 5.74) is -0.0251. The predicted octanol–water partition coefficient (Wildman–Crippen LogP) is 2.61. The van der Waals surface area contributed by atoms with Crippen molar-refractivity contribution >= 4 is 11.9 Å². The van der Waals surface area contributed by atoms with Gasteiger partial charge < -0.3 is 10.4 Å². The second-order valence-corrected chi connectivity index (χ2v) is 6.71. The Morgan fingerprint density at radius 3 is 2.52 bits per heavy atom. The Kier molecular flexibility index (Phi) is 4.39. The van der Waals surface area contributed by atoms with Crippen LogP contribution in [0.4, 0.5) is 4.79 Å². The van der Waals surface area contributed by atoms with Gasteiger partial charge in [0.15, 0.2) is 0 Å². The second-order valence-electron chi connectivity index (χ2n) is 6.71. The summed E-state index contributed by atoms with van der Waals surface area (Å²) >= 11 is 0. The topological polar surface area (TPSA) is 69.6 Å². The molecule has 5 heteroatoms. The normalized spacial score (nSPS) is 29.0. The van der Waals surface area contributed by atoms with Crippen molar-refractivity contribution in [1.82, 2.24) is 10.2 Å². The van der Waals surface area contributed by atoms with Crippen molar-refractivity contribution < 1.29 is 14.7 Å². The van der Waals surface area contributed by atoms with Crippen LogP contribution in [0.15, 0.2) is 30.3 Å². The van der Waals surface area contributed by atoms with Gasteiger partial charge in [-0.1, -0.05) is 43.7 Å². The number of hydrogen-bond acceptors (Lipinski definition) is 3. The first-order valence-electron chi connectivity index (χ1n) is 8.43. The van der Waals surface area contributed by atoms with Gasteiger partial charge in [0.05, 0.1) is 12.6 Å². The maximum absolute atomic E-state index is 12.8. The average Bonchev–Trinajstić information content (AvgIpc) is 2.81. The van der Waals surface area contributed by atoms with E-state index < -0.39 is 11.6 Å². The number of aliphatic hydroxyl groups excluding tert-OH is 1. The fourth-order valence-corrected chi connectivity index (χ4v) is 3.71. The largest absolute Gasteiger partial charge is 0.387 e. The standard InChI is InChI=1S/C18H24N2O3/c1-2-13-8-10-18(11-9-13)16(22)20(17(23)19-18)12-15(21)14-6-4-3-5-7-14/h3-7,13,15,21H,2,8-12H2,1H3,(H,19,23). The lowest BCUT2D eigenvalue weighted by molar-refractivity contribution is -0.133. The molecule has 3 amide bonds. The number of carbonyl (C=O) groups excluding carboxylic acids is 2. The number of benzene rings is 1. The summed E-state index contributed by atoms with van der Waals surface area (Å²) < 4.78 is 0. The third-order valence-corrected chi connectivity index (χ3v) is 5.32. The molecule has 1 heterocycles. The van der Waals surface area contributed by atoms with Gasteiger partial charge in [-0.05, 0) is 37.2 Å². The number of urea groups is 1. The van der Waals surface area contributed by atoms with Gasteiger partial charge in [0.2, 0.25) is 0 Å². The summed E-state index contributed by atoms with van der Waals surface area (Å²) in [5, 5.41) is 13.2. The van der Waals surface area contributed by atoms with Crippen molar-refractivity contribution in [3.8, 4) is 0 Å². The molecule has 2 aliphatic rings. The van der Waals surface area contributed by atoms with Gasteiger partial charge in [0, 0.05) is 0 Å². The molecular weight excluding hydrogens is 292 g/mol. The smallest absolute Gasteiger partial charge is 0.325 e. The van der Waals surface area contributed by atoms with Gasteiger partial charge in [-0.3, -0.25) is 9.69 Å². The quantitative estimate of drug-likeness (QED) is 0.839. The minimum Gasteiger partial charge on any atom is -0.387 e. The molecule has 1 atom stereocenters. The summed E-state index contributed by atoms with van der Waals surface area (Å²) in [4.78, 5) is 26.2. The van der Waals surface area contributed by atoms with E-state index in [2.05, 4.69) is 12.2 Å². The number of hydrogen-bond donors (Lipinski definition) is 2. The predicted molar refractivity (Wildman–Crippen MR) is 86.6 cm³/mol. The Bertz CT molecular complexity index is 579. The van der Waals surface area contributed by atoms with E-state index in [9.17, 15) is 14.7 Å². The maximum atomic E-state index is 12.8. The lowest BCUT2D eigenvalue weighted by atomic mass is 9.75. The number of aliphatic hydroxyl groups is 1. The Balaban J connectivity index is 1.70. The second kappa shape index (κ2) is 6.32. The Labute approximate surface area is 136 Å². The van der Waals surface area contributed by atoms with Crippen LogP contribution in [0, 0.1) is 5.92 Å². The summed E-state index contributed by atoms with van der Waals surface area (Å²) in [6.07, 6.45) is 3.61. The van der Waals surface area contributed by atoms with Gasteiger partial charge in [-0.25, -0.2) is 4.79 Å². The highest BCUT2D eigenvalue weighted by molar-refractivity contribution is 6.07. The van der Waals surface area contributed by atoms with E-state index in [-0.39, 0.29) is 18.5 Å². The van der Waals surface area contributed by atoms with Crippen LogP contribution in [0.1, 0.15) is 50.7 Å². The van der Waals surface area contributed by atoms with Crippen molar-refractivity contribution in [3.05, 3.63) is 35.9 Å². The number of rotatable bonds is 4. The Morgan fingerprint density at radius 2 is 1.91 bits per heavy atom. The monoisotopic (exact) mass is 316 g/mol. The summed E-state index contributed by atoms with van der Waals surface area (Å²) in [5.74, 6) is 0.473. The molecule has 0 aromatic heterocycles. The Hall–Kier alpha value is -1.88. The number of amides is 3. The lowest BCUT2D eigenvalue weighted by Gasteiger charge is -2.34. The molecule has 1 unspecified atom stereocenters. The van der Waals surface area contributed by atoms with Gasteiger partial charge in [0.25, 0.3) is 5.91 Å². The highest BCUT2D eigenvalue weighted by atomic mass is 16.3. The zero-order valence-electron chi connectivity index (χ0n) is 13.5. The van der Waals surface area contributed by atoms with E-state index in [1.165, 1.54) is 4.90 Å². The van der Waals surface area contributed by atoms with Crippen LogP contribution in [0.25, 0.3) is 0 Å². The molecule has 1 saturated carbocycles. The van der Waals surface area contributed by atoms with E-state index in [0.29, 0.717) is 24.3 Å². The first kappa shape index (κ1) is 16.0. The van der Waals surface area contributed by atoms with Crippen LogP contribution in [0.5, 0.6) is 0 Å². The number of nitrogens with one attached hydrogen (secondary N) is 1. The number of carbonyl (C=O) groups is 2. The number of β-amino-alcohol motifs (C(OH)–C–C–N with tert-alkyl or cyclic N) is 1. The lowest BCUT2D eigenvalue weighted by Crippen LogP contribution is -2.49. The molecule has 2 fully saturated rings. The van der Waals surface area contributed by atoms with Crippen LogP contribution in [0.3, 0.4) is 0 Å². The maximum Gasteiger partial charge on any atom is 0.325 e. The Morgan fingerprint density at radius 1 is 1.26 bits per heavy atom. The first-order chi connectivity index (χ1) is 11.1. The van der Waals surface area contributed by atoms with E-state index in [0.717, 1.165) is 19.3 Å². The minimum atomic E-state index is -0.854. The molecule has 1 aromatic carbocycles. The molecule has 3 rings (SSSR count). The molecule has 2 N–H and O–H groups in total. The van der Waals surface area contributed by atoms with Gasteiger partial charge in [-0.15, -0.1) is 0 Å². The van der Waals surface area contributed by atoms with Gasteiger partial charge >= 0.3 is 6.03 Å². The summed E-state index contributed by atoms with van der Waals surface area (Å²) in [7, 11) is 0. The van der Waals surface area contributed by atoms with Crippen molar-refractivity contribution in [2.45, 2.75) is 50.7 Å². The molecule has 0 bridgehead atoms. The SMILES string of the molecule is CCC1CCC2(CC1)NC(=O)N(CC(O)c1ccccc1)C2=O. The van der Waals surface area contributed by atoms with Crippen molar-refractivity contribution in [3.63, 3.8) is 0 Å². The first-order valence-corrected chi connectivity index (χ1v) is 8.43. The molecule has 23 heavy (non-hydrogen) atoms. The average molecular weight is 316 g/mol. The molecule has 0 radical (unpaired) electrons. The molecule has 1 aliphatic heterocycles. The summed E-state index contributed by atoms with van der Waals surface area (Å²) in [6.45, 7) is 2.17. The number of nitrogens with zero attached hydrogens (tertiary/aromatic N) is 1. The fourth-order valence-electron chi connectivity index (χ4n) is 3.71. The van der Waals surface area contributed by atoms with E-state index in [1.54, 1.807) is 12.1 Å². The highest BCUT2D eigenvalue weighted by Gasteiger charge is 2.52. The van der Waals surface area contributed by atoms with Crippen LogP contribution < -0.4 is 5.32 Å². The summed E-state index contributed by atoms with van der Waals surface area (Å²) in [6, 6.07) is 8.75. The highest BCUT2D eigenvalue weighted by Crippen LogP contribution is 2.38. The zero-order valence-corrected chi connectivity index (χ0v) is 13.5. The van der Waals surface area contributed by atoms with Crippen LogP contribution in [-0.2, 0) is 4.79 Å². The van der Waals surface area contributed by atoms with Crippen LogP contribution >= 0.6 is 0 Å². The fraction of sp³-hybridized carbons (Fsp3) is 0.556. The van der Waals surface area contributed by atoms with Crippen LogP contribution in [0.2, 0.25) is 0 Å². The molecule has 1 aromatic rings. The van der Waals surface area contributed by atoms with E-state index in [1.807, 2.05) is 18.2 Å². The molecule has 1 saturated heterocycles. The van der Waals surface area contributed by atoms with E-state index in [4.69, 9.17) is 0 Å². The molecule has 1 spiro atoms. The van der Waals surface area contributed by atoms with Gasteiger partial charge in [0.1, 0.15) is 5.54 Å². The van der Waals surface area contributed by atoms with Crippen LogP contribution in [-0.4, -0.2) is 34.0 Å². The minimum absolute atomic E-state index is 0.00758. The molecular formula is C18H24N2O3. The molecule has 1 aliphatic carbocycles. The zero-order chi connectivity index (χ0) is 16.4. The molecule has 124 valence electrons. The molecule has 5 nitrogen and oxygen atoms in total. The third kappa shape index (κ3) is 2.98. The van der Waals surface area contributed by atoms with Gasteiger partial charge in [-0.2, -0.15) is 0 Å². The van der Waals surface area contributed by atoms with Crippen molar-refractivity contribution in [2.75, 3.05) is 6.54 Å². The van der Waals surface area contributed by atoms with E-state index >= 15 is 0 Å². The van der Waals surface area contributed by atoms with Crippen molar-refractivity contribution in [2.24, 2.45) is 5.92 Å². The third-order valence-electron chi connectivity index (χ3n) is 5.32.